The molecule has 6 heteroatoms. The highest BCUT2D eigenvalue weighted by atomic mass is 32.1. The summed E-state index contributed by atoms with van der Waals surface area (Å²) >= 11 is 1.35. The van der Waals surface area contributed by atoms with E-state index < -0.39 is 0 Å². The van der Waals surface area contributed by atoms with Crippen LogP contribution in [0.3, 0.4) is 0 Å². The number of amides is 1. The van der Waals surface area contributed by atoms with Gasteiger partial charge in [0.2, 0.25) is 0 Å². The van der Waals surface area contributed by atoms with Crippen LogP contribution in [0.25, 0.3) is 0 Å². The maximum atomic E-state index is 12.7. The second-order valence-electron chi connectivity index (χ2n) is 3.80. The van der Waals surface area contributed by atoms with E-state index in [2.05, 4.69) is 10.3 Å². The first-order valence-electron chi connectivity index (χ1n) is 5.74. The van der Waals surface area contributed by atoms with Gasteiger partial charge in [0, 0.05) is 0 Å². The summed E-state index contributed by atoms with van der Waals surface area (Å²) in [6.45, 7) is 2.56. The maximum Gasteiger partial charge on any atom is 0.263 e. The van der Waals surface area contributed by atoms with Gasteiger partial charge in [0.25, 0.3) is 5.91 Å². The second kappa shape index (κ2) is 6.29. The third kappa shape index (κ3) is 4.03. The normalized spacial score (nSPS) is 10.2. The Hall–Kier alpha value is -1.95. The second-order valence-corrected chi connectivity index (χ2v) is 5.04. The minimum absolute atomic E-state index is 0.159. The molecule has 0 saturated heterocycles. The van der Waals surface area contributed by atoms with Crippen molar-refractivity contribution in [3.05, 3.63) is 46.2 Å². The summed E-state index contributed by atoms with van der Waals surface area (Å²) in [6.07, 6.45) is 1.55. The average Bonchev–Trinajstić information content (AvgIpc) is 2.83. The van der Waals surface area contributed by atoms with Crippen molar-refractivity contribution in [2.24, 2.45) is 0 Å². The minimum Gasteiger partial charge on any atom is -0.492 e. The SMILES string of the molecule is Cc1ncc(C(=O)NCCOc2ccc(F)cc2)s1. The average molecular weight is 280 g/mol. The Bertz CT molecular complexity index is 554. The number of hydrogen-bond acceptors (Lipinski definition) is 4. The van der Waals surface area contributed by atoms with Crippen LogP contribution >= 0.6 is 11.3 Å². The molecule has 1 amide bonds. The third-order valence-electron chi connectivity index (χ3n) is 2.32. The third-order valence-corrected chi connectivity index (χ3v) is 3.23. The van der Waals surface area contributed by atoms with Crippen LogP contribution in [0.2, 0.25) is 0 Å². The number of carbonyl (C=O) groups is 1. The van der Waals surface area contributed by atoms with Crippen LogP contribution in [0.15, 0.2) is 30.5 Å². The van der Waals surface area contributed by atoms with Crippen molar-refractivity contribution in [1.29, 1.82) is 0 Å². The predicted molar refractivity (Wildman–Crippen MR) is 71.1 cm³/mol. The van der Waals surface area contributed by atoms with E-state index in [1.54, 1.807) is 18.3 Å². The number of halogens is 1. The van der Waals surface area contributed by atoms with E-state index >= 15 is 0 Å². The summed E-state index contributed by atoms with van der Waals surface area (Å²) in [5.74, 6) is 0.110. The van der Waals surface area contributed by atoms with Crippen LogP contribution in [0.5, 0.6) is 5.75 Å². The lowest BCUT2D eigenvalue weighted by atomic mass is 10.3. The molecular weight excluding hydrogens is 267 g/mol. The fourth-order valence-electron chi connectivity index (χ4n) is 1.42. The highest BCUT2D eigenvalue weighted by Crippen LogP contribution is 2.11. The summed E-state index contributed by atoms with van der Waals surface area (Å²) < 4.78 is 18.0. The van der Waals surface area contributed by atoms with Gasteiger partial charge < -0.3 is 10.1 Å². The van der Waals surface area contributed by atoms with Crippen LogP contribution in [0, 0.1) is 12.7 Å². The monoisotopic (exact) mass is 280 g/mol. The van der Waals surface area contributed by atoms with E-state index in [9.17, 15) is 9.18 Å². The van der Waals surface area contributed by atoms with Gasteiger partial charge in [0.05, 0.1) is 17.7 Å². The maximum absolute atomic E-state index is 12.7. The lowest BCUT2D eigenvalue weighted by Gasteiger charge is -2.06. The number of hydrogen-bond donors (Lipinski definition) is 1. The number of thiazole rings is 1. The molecule has 0 aliphatic carbocycles. The van der Waals surface area contributed by atoms with Crippen molar-refractivity contribution >= 4 is 17.2 Å². The van der Waals surface area contributed by atoms with E-state index in [4.69, 9.17) is 4.74 Å². The lowest BCUT2D eigenvalue weighted by molar-refractivity contribution is 0.0951. The highest BCUT2D eigenvalue weighted by Gasteiger charge is 2.07. The van der Waals surface area contributed by atoms with Gasteiger partial charge in [-0.15, -0.1) is 11.3 Å². The smallest absolute Gasteiger partial charge is 0.263 e. The Morgan fingerprint density at radius 2 is 2.16 bits per heavy atom. The summed E-state index contributed by atoms with van der Waals surface area (Å²) in [7, 11) is 0. The number of nitrogens with one attached hydrogen (secondary N) is 1. The van der Waals surface area contributed by atoms with Crippen molar-refractivity contribution in [1.82, 2.24) is 10.3 Å². The molecule has 0 saturated carbocycles. The predicted octanol–water partition coefficient (Wildman–Crippen LogP) is 2.40. The van der Waals surface area contributed by atoms with E-state index in [0.717, 1.165) is 5.01 Å². The first-order valence-corrected chi connectivity index (χ1v) is 6.56. The Balaban J connectivity index is 1.72. The highest BCUT2D eigenvalue weighted by molar-refractivity contribution is 7.13. The molecule has 0 fully saturated rings. The van der Waals surface area contributed by atoms with Crippen molar-refractivity contribution in [2.75, 3.05) is 13.2 Å². The van der Waals surface area contributed by atoms with Gasteiger partial charge in [-0.25, -0.2) is 9.37 Å². The molecule has 0 atom stereocenters. The number of aromatic nitrogens is 1. The molecule has 1 heterocycles. The van der Waals surface area contributed by atoms with Crippen LogP contribution in [-0.4, -0.2) is 24.0 Å². The molecule has 0 aliphatic heterocycles. The molecule has 0 aliphatic rings. The molecule has 0 unspecified atom stereocenters. The van der Waals surface area contributed by atoms with Gasteiger partial charge >= 0.3 is 0 Å². The van der Waals surface area contributed by atoms with E-state index in [0.29, 0.717) is 23.8 Å². The van der Waals surface area contributed by atoms with Crippen molar-refractivity contribution < 1.29 is 13.9 Å². The Kier molecular flexibility index (Phi) is 4.46. The van der Waals surface area contributed by atoms with Crippen LogP contribution in [0.4, 0.5) is 4.39 Å². The van der Waals surface area contributed by atoms with Gasteiger partial charge in [-0.1, -0.05) is 0 Å². The van der Waals surface area contributed by atoms with Gasteiger partial charge in [0.1, 0.15) is 23.1 Å². The summed E-state index contributed by atoms with van der Waals surface area (Å²) in [5.41, 5.74) is 0. The quantitative estimate of drug-likeness (QED) is 0.856. The van der Waals surface area contributed by atoms with Crippen molar-refractivity contribution in [2.45, 2.75) is 6.92 Å². The number of carbonyl (C=O) groups excluding carboxylic acids is 1. The number of benzene rings is 1. The largest absolute Gasteiger partial charge is 0.492 e. The zero-order valence-electron chi connectivity index (χ0n) is 10.4. The fourth-order valence-corrected chi connectivity index (χ4v) is 2.11. The van der Waals surface area contributed by atoms with Crippen LogP contribution in [0.1, 0.15) is 14.7 Å². The Labute approximate surface area is 114 Å². The molecule has 19 heavy (non-hydrogen) atoms. The molecule has 0 spiro atoms. The van der Waals surface area contributed by atoms with Gasteiger partial charge in [-0.3, -0.25) is 4.79 Å². The zero-order valence-corrected chi connectivity index (χ0v) is 11.2. The van der Waals surface area contributed by atoms with Crippen LogP contribution < -0.4 is 10.1 Å². The van der Waals surface area contributed by atoms with E-state index in [1.807, 2.05) is 6.92 Å². The van der Waals surface area contributed by atoms with Gasteiger partial charge in [0.15, 0.2) is 0 Å². The number of nitrogens with zero attached hydrogens (tertiary/aromatic N) is 1. The lowest BCUT2D eigenvalue weighted by Crippen LogP contribution is -2.27. The molecular formula is C13H13FN2O2S. The molecule has 0 bridgehead atoms. The molecule has 2 rings (SSSR count). The van der Waals surface area contributed by atoms with E-state index in [-0.39, 0.29) is 11.7 Å². The van der Waals surface area contributed by atoms with Gasteiger partial charge in [-0.2, -0.15) is 0 Å². The first-order chi connectivity index (χ1) is 9.15. The summed E-state index contributed by atoms with van der Waals surface area (Å²) in [6, 6.07) is 5.75. The number of ether oxygens (including phenoxy) is 1. The Morgan fingerprint density at radius 1 is 1.42 bits per heavy atom. The Morgan fingerprint density at radius 3 is 2.79 bits per heavy atom. The fraction of sp³-hybridized carbons (Fsp3) is 0.231. The topological polar surface area (TPSA) is 51.2 Å². The molecule has 1 aromatic heterocycles. The zero-order chi connectivity index (χ0) is 13.7. The minimum atomic E-state index is -0.304. The van der Waals surface area contributed by atoms with Crippen LogP contribution in [-0.2, 0) is 0 Å². The van der Waals surface area contributed by atoms with Gasteiger partial charge in [-0.05, 0) is 31.2 Å². The molecule has 0 radical (unpaired) electrons. The summed E-state index contributed by atoms with van der Waals surface area (Å²) in [4.78, 5) is 16.3. The molecule has 1 N–H and O–H groups in total. The summed E-state index contributed by atoms with van der Waals surface area (Å²) in [5, 5.41) is 3.58. The van der Waals surface area contributed by atoms with Crippen molar-refractivity contribution in [3.63, 3.8) is 0 Å². The first kappa shape index (κ1) is 13.5. The number of aryl methyl sites for hydroxylation is 1. The molecule has 2 aromatic rings. The van der Waals surface area contributed by atoms with Crippen molar-refractivity contribution in [3.8, 4) is 5.75 Å². The standard InChI is InChI=1S/C13H13FN2O2S/c1-9-16-8-12(19-9)13(17)15-6-7-18-11-4-2-10(14)3-5-11/h2-5,8H,6-7H2,1H3,(H,15,17). The molecule has 100 valence electrons. The molecule has 1 aromatic carbocycles. The number of rotatable bonds is 5. The van der Waals surface area contributed by atoms with E-state index in [1.165, 1.54) is 23.5 Å². The molecule has 4 nitrogen and oxygen atoms in total.